The van der Waals surface area contributed by atoms with Gasteiger partial charge in [0.2, 0.25) is 11.8 Å². The molecule has 2 unspecified atom stereocenters. The van der Waals surface area contributed by atoms with Crippen LogP contribution in [0.2, 0.25) is 0 Å². The van der Waals surface area contributed by atoms with Gasteiger partial charge in [0.05, 0.1) is 36.3 Å². The number of thioether (sulfide) groups is 1. The average Bonchev–Trinajstić information content (AvgIpc) is 3.47. The van der Waals surface area contributed by atoms with Crippen LogP contribution in [0.15, 0.2) is 49.6 Å². The average molecular weight is 528 g/mol. The maximum atomic E-state index is 14.5. The van der Waals surface area contributed by atoms with Crippen LogP contribution < -0.4 is 9.64 Å². The van der Waals surface area contributed by atoms with Gasteiger partial charge < -0.3 is 24.5 Å². The monoisotopic (exact) mass is 527 g/mol. The van der Waals surface area contributed by atoms with Crippen molar-refractivity contribution in [2.45, 2.75) is 48.3 Å². The molecule has 1 spiro atoms. The molecule has 8 nitrogen and oxygen atoms in total. The number of carbonyl (C=O) groups excluding carboxylic acids is 3. The standard InChI is InChI=1S/C28H37N3O5S/c1-7-15-29(5)24(33)21-22-25(34)31(18(3)17-32)23(28(22)14-13-27(21,4)37-28)26(35)30(16-8-2)19-9-11-20(36-6)12-10-19/h7-12,18,21-23,32H,1-2,13-17H2,3-6H3/t18-,21+,22+,23?,27-,28?/m1/s1. The first kappa shape index (κ1) is 27.3. The van der Waals surface area contributed by atoms with Crippen molar-refractivity contribution in [3.63, 3.8) is 0 Å². The van der Waals surface area contributed by atoms with Crippen molar-refractivity contribution >= 4 is 35.2 Å². The summed E-state index contributed by atoms with van der Waals surface area (Å²) in [6.45, 7) is 11.8. The Morgan fingerprint density at radius 1 is 1.22 bits per heavy atom. The summed E-state index contributed by atoms with van der Waals surface area (Å²) in [4.78, 5) is 47.1. The number of methoxy groups -OCH3 is 1. The third kappa shape index (κ3) is 4.16. The molecule has 3 aliphatic rings. The van der Waals surface area contributed by atoms with Crippen molar-refractivity contribution in [1.29, 1.82) is 0 Å². The van der Waals surface area contributed by atoms with E-state index in [9.17, 15) is 19.5 Å². The Bertz CT molecular complexity index is 1090. The van der Waals surface area contributed by atoms with Crippen molar-refractivity contribution in [2.24, 2.45) is 11.8 Å². The van der Waals surface area contributed by atoms with Crippen molar-refractivity contribution in [3.05, 3.63) is 49.6 Å². The summed E-state index contributed by atoms with van der Waals surface area (Å²) < 4.78 is 4.06. The Labute approximate surface area is 223 Å². The number of benzene rings is 1. The maximum absolute atomic E-state index is 14.5. The van der Waals surface area contributed by atoms with Crippen LogP contribution >= 0.6 is 11.8 Å². The van der Waals surface area contributed by atoms with E-state index in [1.807, 2.05) is 12.1 Å². The number of hydrogen-bond donors (Lipinski definition) is 1. The van der Waals surface area contributed by atoms with Gasteiger partial charge in [-0.2, -0.15) is 0 Å². The van der Waals surface area contributed by atoms with Crippen LogP contribution in [-0.2, 0) is 14.4 Å². The topological polar surface area (TPSA) is 90.4 Å². The number of rotatable bonds is 10. The molecule has 37 heavy (non-hydrogen) atoms. The molecule has 2 bridgehead atoms. The molecule has 3 amide bonds. The zero-order valence-electron chi connectivity index (χ0n) is 22.1. The number of nitrogens with zero attached hydrogens (tertiary/aromatic N) is 3. The molecule has 0 radical (unpaired) electrons. The number of ether oxygens (including phenoxy) is 1. The lowest BCUT2D eigenvalue weighted by Gasteiger charge is -2.39. The summed E-state index contributed by atoms with van der Waals surface area (Å²) >= 11 is 1.62. The molecule has 4 rings (SSSR count). The van der Waals surface area contributed by atoms with Gasteiger partial charge in [0.25, 0.3) is 5.91 Å². The normalized spacial score (nSPS) is 30.6. The number of amides is 3. The molecule has 1 N–H and O–H groups in total. The number of carbonyl (C=O) groups is 3. The molecule has 9 heteroatoms. The van der Waals surface area contributed by atoms with Gasteiger partial charge in [0, 0.05) is 30.6 Å². The fourth-order valence-electron chi connectivity index (χ4n) is 6.46. The van der Waals surface area contributed by atoms with E-state index in [-0.39, 0.29) is 30.9 Å². The zero-order valence-corrected chi connectivity index (χ0v) is 22.9. The van der Waals surface area contributed by atoms with E-state index in [0.717, 1.165) is 6.42 Å². The highest BCUT2D eigenvalue weighted by Gasteiger charge is 2.77. The van der Waals surface area contributed by atoms with Gasteiger partial charge in [0.15, 0.2) is 0 Å². The summed E-state index contributed by atoms with van der Waals surface area (Å²) in [5.41, 5.74) is 0.664. The summed E-state index contributed by atoms with van der Waals surface area (Å²) in [6, 6.07) is 5.80. The van der Waals surface area contributed by atoms with Gasteiger partial charge in [-0.3, -0.25) is 14.4 Å². The zero-order chi connectivity index (χ0) is 27.1. The Morgan fingerprint density at radius 2 is 1.86 bits per heavy atom. The second kappa shape index (κ2) is 10.2. The first-order valence-corrected chi connectivity index (χ1v) is 13.5. The first-order valence-electron chi connectivity index (χ1n) is 12.7. The van der Waals surface area contributed by atoms with Crippen molar-refractivity contribution < 1.29 is 24.2 Å². The molecule has 6 atom stereocenters. The van der Waals surface area contributed by atoms with Gasteiger partial charge in [-0.05, 0) is 51.0 Å². The number of hydrogen-bond acceptors (Lipinski definition) is 6. The fraction of sp³-hybridized carbons (Fsp3) is 0.536. The molecular formula is C28H37N3O5S. The molecule has 0 aromatic heterocycles. The second-order valence-corrected chi connectivity index (χ2v) is 12.3. The quantitative estimate of drug-likeness (QED) is 0.471. The van der Waals surface area contributed by atoms with Gasteiger partial charge in [0.1, 0.15) is 11.8 Å². The molecule has 3 aliphatic heterocycles. The number of likely N-dealkylation sites (N-methyl/N-ethyl adjacent to an activating group) is 1. The molecular weight excluding hydrogens is 490 g/mol. The van der Waals surface area contributed by atoms with Crippen LogP contribution in [-0.4, -0.2) is 88.1 Å². The predicted octanol–water partition coefficient (Wildman–Crippen LogP) is 2.72. The number of likely N-dealkylation sites (tertiary alicyclic amines) is 1. The lowest BCUT2D eigenvalue weighted by Crippen LogP contribution is -2.57. The number of aliphatic hydroxyl groups excluding tert-OH is 1. The van der Waals surface area contributed by atoms with E-state index in [0.29, 0.717) is 24.4 Å². The van der Waals surface area contributed by atoms with E-state index in [1.54, 1.807) is 71.8 Å². The van der Waals surface area contributed by atoms with Crippen molar-refractivity contribution in [3.8, 4) is 5.75 Å². The Kier molecular flexibility index (Phi) is 7.50. The molecule has 1 aromatic carbocycles. The summed E-state index contributed by atoms with van der Waals surface area (Å²) in [6.07, 6.45) is 4.70. The minimum Gasteiger partial charge on any atom is -0.497 e. The molecule has 3 heterocycles. The van der Waals surface area contributed by atoms with Crippen molar-refractivity contribution in [1.82, 2.24) is 9.80 Å². The molecule has 3 saturated heterocycles. The number of anilines is 1. The van der Waals surface area contributed by atoms with E-state index in [2.05, 4.69) is 20.1 Å². The van der Waals surface area contributed by atoms with Gasteiger partial charge in [-0.1, -0.05) is 12.2 Å². The predicted molar refractivity (Wildman–Crippen MR) is 146 cm³/mol. The summed E-state index contributed by atoms with van der Waals surface area (Å²) in [5, 5.41) is 10.1. The van der Waals surface area contributed by atoms with Gasteiger partial charge in [-0.15, -0.1) is 24.9 Å². The van der Waals surface area contributed by atoms with Crippen LogP contribution in [0.3, 0.4) is 0 Å². The van der Waals surface area contributed by atoms with Crippen molar-refractivity contribution in [2.75, 3.05) is 38.8 Å². The first-order chi connectivity index (χ1) is 17.6. The largest absolute Gasteiger partial charge is 0.497 e. The molecule has 0 aliphatic carbocycles. The van der Waals surface area contributed by atoms with Gasteiger partial charge >= 0.3 is 0 Å². The van der Waals surface area contributed by atoms with Crippen LogP contribution in [0.5, 0.6) is 5.75 Å². The second-order valence-electron chi connectivity index (χ2n) is 10.4. The van der Waals surface area contributed by atoms with Gasteiger partial charge in [-0.25, -0.2) is 0 Å². The van der Waals surface area contributed by atoms with Crippen LogP contribution in [0, 0.1) is 11.8 Å². The highest BCUT2D eigenvalue weighted by atomic mass is 32.2. The molecule has 200 valence electrons. The van der Waals surface area contributed by atoms with E-state index in [1.165, 1.54) is 0 Å². The summed E-state index contributed by atoms with van der Waals surface area (Å²) in [5.74, 6) is -1.08. The lowest BCUT2D eigenvalue weighted by atomic mass is 9.66. The van der Waals surface area contributed by atoms with Crippen LogP contribution in [0.4, 0.5) is 5.69 Å². The maximum Gasteiger partial charge on any atom is 0.251 e. The van der Waals surface area contributed by atoms with E-state index >= 15 is 0 Å². The number of aliphatic hydroxyl groups is 1. The Morgan fingerprint density at radius 3 is 2.43 bits per heavy atom. The molecule has 3 fully saturated rings. The molecule has 1 aromatic rings. The number of fused-ring (bicyclic) bond motifs is 1. The minimum atomic E-state index is -0.816. The minimum absolute atomic E-state index is 0.0994. The van der Waals surface area contributed by atoms with Crippen LogP contribution in [0.25, 0.3) is 0 Å². The SMILES string of the molecule is C=CCN(C)C(=O)[C@@H]1[C@H]2C(=O)N([C@H](C)CO)C(C(=O)N(CC=C)c3ccc(OC)cc3)C23CC[C@@]1(C)S3. The molecule has 0 saturated carbocycles. The fourth-order valence-corrected chi connectivity index (χ4v) is 8.79. The third-order valence-corrected chi connectivity index (χ3v) is 10.2. The summed E-state index contributed by atoms with van der Waals surface area (Å²) in [7, 11) is 3.31. The third-order valence-electron chi connectivity index (χ3n) is 8.19. The lowest BCUT2D eigenvalue weighted by molar-refractivity contribution is -0.145. The van der Waals surface area contributed by atoms with E-state index < -0.39 is 33.4 Å². The Hall–Kier alpha value is -2.78. The highest BCUT2D eigenvalue weighted by Crippen LogP contribution is 2.71. The van der Waals surface area contributed by atoms with E-state index in [4.69, 9.17) is 4.74 Å². The van der Waals surface area contributed by atoms with Crippen LogP contribution in [0.1, 0.15) is 26.7 Å². The highest BCUT2D eigenvalue weighted by molar-refractivity contribution is 8.02. The Balaban J connectivity index is 1.81. The smallest absolute Gasteiger partial charge is 0.251 e.